The smallest absolute Gasteiger partial charge is 0.123 e. The van der Waals surface area contributed by atoms with E-state index >= 15 is 0 Å². The fourth-order valence-corrected chi connectivity index (χ4v) is 13.7. The fraction of sp³-hybridized carbons (Fsp3) is 0.404. The summed E-state index contributed by atoms with van der Waals surface area (Å²) in [6, 6.07) is 28.1. The third-order valence-electron chi connectivity index (χ3n) is 11.4. The molecule has 1 nitrogen and oxygen atoms in total. The third kappa shape index (κ3) is 6.20. The lowest BCUT2D eigenvalue weighted by atomic mass is 9.78. The Morgan fingerprint density at radius 1 is 0.551 bits per heavy atom. The zero-order chi connectivity index (χ0) is 35.8. The molecule has 0 saturated heterocycles. The summed E-state index contributed by atoms with van der Waals surface area (Å²) in [6.45, 7) is 30.8. The summed E-state index contributed by atoms with van der Waals surface area (Å²) in [5.41, 5.74) is 19.0. The van der Waals surface area contributed by atoms with Crippen molar-refractivity contribution in [3.63, 3.8) is 0 Å². The summed E-state index contributed by atoms with van der Waals surface area (Å²) in [6.07, 6.45) is 4.99. The van der Waals surface area contributed by atoms with Gasteiger partial charge in [0.1, 0.15) is 5.75 Å². The molecular weight excluding hydrogens is 609 g/mol. The van der Waals surface area contributed by atoms with Gasteiger partial charge >= 0.3 is 0 Å². The molecule has 2 aliphatic rings. The van der Waals surface area contributed by atoms with Crippen LogP contribution < -0.4 is 4.74 Å². The highest BCUT2D eigenvalue weighted by atomic mass is 28.3. The Hall–Kier alpha value is -3.62. The largest absolute Gasteiger partial charge is 0.496 e. The van der Waals surface area contributed by atoms with Crippen LogP contribution in [0.5, 0.6) is 5.75 Å². The molecule has 0 aliphatic heterocycles. The maximum atomic E-state index is 6.22. The first-order valence-electron chi connectivity index (χ1n) is 18.2. The second-order valence-corrected chi connectivity index (χ2v) is 23.3. The fourth-order valence-electron chi connectivity index (χ4n) is 8.75. The van der Waals surface area contributed by atoms with Gasteiger partial charge < -0.3 is 4.74 Å². The van der Waals surface area contributed by atoms with E-state index in [1.165, 1.54) is 72.3 Å². The molecule has 0 amide bonds. The van der Waals surface area contributed by atoms with Crippen LogP contribution in [0, 0.1) is 0 Å². The second-order valence-electron chi connectivity index (χ2n) is 18.5. The van der Waals surface area contributed by atoms with Crippen LogP contribution in [0.2, 0.25) is 13.1 Å². The van der Waals surface area contributed by atoms with E-state index in [0.29, 0.717) is 11.1 Å². The van der Waals surface area contributed by atoms with Crippen molar-refractivity contribution in [2.45, 2.75) is 117 Å². The molecule has 49 heavy (non-hydrogen) atoms. The molecule has 2 aliphatic carbocycles. The number of hydrogen-bond donors (Lipinski definition) is 0. The van der Waals surface area contributed by atoms with E-state index in [4.69, 9.17) is 4.74 Å². The standard InChI is InChI=1S/C47H58OSi/c1-29-24-39-36(31-18-20-33(21-19-31)45(3,4)5)16-15-17-38(39)43(29)49(13,14)44-30(2)25-40-37(22-23-41(48-12)42(40)44)32-26-34(46(6,7)8)28-35(27-32)47(9,10)11/h15-28,43-44H,1-14H3. The maximum Gasteiger partial charge on any atom is 0.123 e. The van der Waals surface area contributed by atoms with Gasteiger partial charge in [-0.15, -0.1) is 0 Å². The molecule has 0 bridgehead atoms. The Bertz CT molecular complexity index is 1950. The molecule has 4 aromatic carbocycles. The Morgan fingerprint density at radius 2 is 1.08 bits per heavy atom. The Kier molecular flexibility index (Phi) is 8.63. The van der Waals surface area contributed by atoms with Crippen molar-refractivity contribution in [2.24, 2.45) is 0 Å². The number of ether oxygens (including phenoxy) is 1. The monoisotopic (exact) mass is 666 g/mol. The molecule has 0 saturated carbocycles. The SMILES string of the molecule is COc1ccc(-c2cc(C(C)(C)C)cc(C(C)(C)C)c2)c2c1C([Si](C)(C)C1C(C)=Cc3c(-c4ccc(C(C)(C)C)cc4)cccc31)C(C)=C2. The number of fused-ring (bicyclic) bond motifs is 2. The van der Waals surface area contributed by atoms with Gasteiger partial charge in [0.15, 0.2) is 0 Å². The van der Waals surface area contributed by atoms with Crippen LogP contribution in [0.15, 0.2) is 83.9 Å². The lowest BCUT2D eigenvalue weighted by molar-refractivity contribution is 0.410. The molecule has 0 N–H and O–H groups in total. The maximum absolute atomic E-state index is 6.22. The van der Waals surface area contributed by atoms with Crippen molar-refractivity contribution in [2.75, 3.05) is 7.11 Å². The average Bonchev–Trinajstić information content (AvgIpc) is 3.55. The van der Waals surface area contributed by atoms with Crippen molar-refractivity contribution in [1.29, 1.82) is 0 Å². The normalized spacial score (nSPS) is 17.8. The molecule has 0 spiro atoms. The van der Waals surface area contributed by atoms with E-state index in [2.05, 4.69) is 174 Å². The Labute approximate surface area is 298 Å². The molecule has 256 valence electrons. The van der Waals surface area contributed by atoms with Crippen LogP contribution in [0.1, 0.15) is 126 Å². The van der Waals surface area contributed by atoms with Crippen molar-refractivity contribution >= 4 is 20.2 Å². The minimum atomic E-state index is -2.09. The van der Waals surface area contributed by atoms with Gasteiger partial charge in [-0.2, -0.15) is 0 Å². The van der Waals surface area contributed by atoms with E-state index in [9.17, 15) is 0 Å². The minimum absolute atomic E-state index is 0.0576. The molecule has 4 aromatic rings. The first-order valence-corrected chi connectivity index (χ1v) is 21.4. The quantitative estimate of drug-likeness (QED) is 0.193. The minimum Gasteiger partial charge on any atom is -0.496 e. The summed E-state index contributed by atoms with van der Waals surface area (Å²) in [4.78, 5) is 0. The highest BCUT2D eigenvalue weighted by Gasteiger charge is 2.48. The van der Waals surface area contributed by atoms with E-state index in [1.54, 1.807) is 0 Å². The summed E-state index contributed by atoms with van der Waals surface area (Å²) >= 11 is 0. The predicted octanol–water partition coefficient (Wildman–Crippen LogP) is 13.4. The molecule has 6 rings (SSSR count). The van der Waals surface area contributed by atoms with Crippen LogP contribution in [0.4, 0.5) is 0 Å². The van der Waals surface area contributed by atoms with Crippen molar-refractivity contribution in [3.8, 4) is 28.0 Å². The molecule has 2 unspecified atom stereocenters. The lowest BCUT2D eigenvalue weighted by Crippen LogP contribution is -2.42. The molecule has 2 atom stereocenters. The van der Waals surface area contributed by atoms with Gasteiger partial charge in [-0.05, 0) is 91.8 Å². The van der Waals surface area contributed by atoms with Crippen molar-refractivity contribution in [3.05, 3.63) is 123 Å². The predicted molar refractivity (Wildman–Crippen MR) is 217 cm³/mol. The first-order chi connectivity index (χ1) is 22.7. The van der Waals surface area contributed by atoms with Gasteiger partial charge in [0.2, 0.25) is 0 Å². The number of methoxy groups -OCH3 is 1. The molecule has 0 heterocycles. The zero-order valence-electron chi connectivity index (χ0n) is 32.6. The Morgan fingerprint density at radius 3 is 1.63 bits per heavy atom. The van der Waals surface area contributed by atoms with Crippen LogP contribution in [-0.2, 0) is 16.2 Å². The van der Waals surface area contributed by atoms with Crippen LogP contribution in [0.3, 0.4) is 0 Å². The van der Waals surface area contributed by atoms with Crippen molar-refractivity contribution < 1.29 is 4.74 Å². The van der Waals surface area contributed by atoms with Gasteiger partial charge in [0.05, 0.1) is 15.2 Å². The van der Waals surface area contributed by atoms with Gasteiger partial charge in [-0.3, -0.25) is 0 Å². The summed E-state index contributed by atoms with van der Waals surface area (Å²) in [5.74, 6) is 1.02. The second kappa shape index (κ2) is 12.0. The van der Waals surface area contributed by atoms with Gasteiger partial charge in [0, 0.05) is 16.6 Å². The van der Waals surface area contributed by atoms with Gasteiger partial charge in [0.25, 0.3) is 0 Å². The Balaban J connectivity index is 1.47. The number of hydrogen-bond acceptors (Lipinski definition) is 1. The van der Waals surface area contributed by atoms with Crippen LogP contribution in [-0.4, -0.2) is 15.2 Å². The highest BCUT2D eigenvalue weighted by molar-refractivity contribution is 6.81. The first kappa shape index (κ1) is 35.2. The van der Waals surface area contributed by atoms with Gasteiger partial charge in [-0.1, -0.05) is 165 Å². The molecule has 0 aromatic heterocycles. The van der Waals surface area contributed by atoms with E-state index in [1.807, 2.05) is 7.11 Å². The average molecular weight is 667 g/mol. The topological polar surface area (TPSA) is 9.23 Å². The number of allylic oxidation sites excluding steroid dienone is 2. The number of rotatable bonds is 5. The summed E-state index contributed by atoms with van der Waals surface area (Å²) < 4.78 is 6.22. The van der Waals surface area contributed by atoms with Gasteiger partial charge in [-0.25, -0.2) is 0 Å². The van der Waals surface area contributed by atoms with E-state index in [0.717, 1.165) is 5.75 Å². The van der Waals surface area contributed by atoms with E-state index in [-0.39, 0.29) is 16.2 Å². The van der Waals surface area contributed by atoms with Crippen LogP contribution in [0.25, 0.3) is 34.4 Å². The molecule has 0 fully saturated rings. The summed E-state index contributed by atoms with van der Waals surface area (Å²) in [5, 5.41) is 0. The van der Waals surface area contributed by atoms with Crippen molar-refractivity contribution in [1.82, 2.24) is 0 Å². The van der Waals surface area contributed by atoms with E-state index < -0.39 is 8.07 Å². The third-order valence-corrected chi connectivity index (χ3v) is 15.9. The molecule has 0 radical (unpaired) electrons. The molecule has 2 heteroatoms. The van der Waals surface area contributed by atoms with Crippen LogP contribution >= 0.6 is 0 Å². The zero-order valence-corrected chi connectivity index (χ0v) is 33.6. The molecular formula is C47H58OSi. The lowest BCUT2D eigenvalue weighted by Gasteiger charge is -2.39. The summed E-state index contributed by atoms with van der Waals surface area (Å²) in [7, 11) is -0.246. The highest BCUT2D eigenvalue weighted by Crippen LogP contribution is 2.56. The number of benzene rings is 4.